The smallest absolute Gasteiger partial charge is 0.415 e. The summed E-state index contributed by atoms with van der Waals surface area (Å²) in [7, 11) is 1.60. The third-order valence-electron chi connectivity index (χ3n) is 7.14. The Kier molecular flexibility index (Phi) is 7.70. The van der Waals surface area contributed by atoms with Crippen LogP contribution in [0.1, 0.15) is 59.4 Å². The highest BCUT2D eigenvalue weighted by Crippen LogP contribution is 2.37. The number of amides is 1. The second-order valence-corrected chi connectivity index (χ2v) is 11.3. The molecular formula is C30H36N6O5. The van der Waals surface area contributed by atoms with Crippen molar-refractivity contribution in [2.24, 2.45) is 7.05 Å². The molecule has 0 aliphatic heterocycles. The lowest BCUT2D eigenvalue weighted by atomic mass is 9.93. The van der Waals surface area contributed by atoms with Crippen LogP contribution in [0.25, 0.3) is 22.2 Å². The molecule has 4 aromatic rings. The van der Waals surface area contributed by atoms with Gasteiger partial charge >= 0.3 is 6.09 Å². The Hall–Kier alpha value is -4.41. The Morgan fingerprint density at radius 2 is 1.78 bits per heavy atom. The predicted molar refractivity (Wildman–Crippen MR) is 155 cm³/mol. The van der Waals surface area contributed by atoms with Crippen LogP contribution in [-0.4, -0.2) is 54.0 Å². The summed E-state index contributed by atoms with van der Waals surface area (Å²) in [5.74, 6) is 1.11. The molecule has 1 aromatic carbocycles. The number of carbonyl (C=O) groups excluding carboxylic acids is 1. The average molecular weight is 561 g/mol. The molecule has 3 aromatic heterocycles. The molecule has 0 spiro atoms. The van der Waals surface area contributed by atoms with Gasteiger partial charge in [0.1, 0.15) is 29.0 Å². The summed E-state index contributed by atoms with van der Waals surface area (Å²) in [6.45, 7) is 7.79. The molecule has 11 heteroatoms. The molecule has 0 bridgehead atoms. The van der Waals surface area contributed by atoms with Crippen molar-refractivity contribution in [1.82, 2.24) is 24.5 Å². The Balaban J connectivity index is 1.46. The zero-order valence-electron chi connectivity index (χ0n) is 24.1. The van der Waals surface area contributed by atoms with E-state index in [0.717, 1.165) is 47.8 Å². The Morgan fingerprint density at radius 1 is 1.07 bits per heavy atom. The minimum absolute atomic E-state index is 0.0189. The number of hydrogen-bond acceptors (Lipinski definition) is 8. The summed E-state index contributed by atoms with van der Waals surface area (Å²) in [6, 6.07) is 12.0. The number of aromatic hydroxyl groups is 1. The van der Waals surface area contributed by atoms with Gasteiger partial charge in [-0.15, -0.1) is 5.10 Å². The van der Waals surface area contributed by atoms with Crippen molar-refractivity contribution < 1.29 is 19.4 Å². The van der Waals surface area contributed by atoms with Crippen molar-refractivity contribution in [3.05, 3.63) is 59.0 Å². The van der Waals surface area contributed by atoms with E-state index in [2.05, 4.69) is 10.1 Å². The number of ether oxygens (including phenoxy) is 2. The van der Waals surface area contributed by atoms with Crippen LogP contribution >= 0.6 is 0 Å². The van der Waals surface area contributed by atoms with Crippen LogP contribution < -0.4 is 15.2 Å². The summed E-state index contributed by atoms with van der Waals surface area (Å²) >= 11 is 0. The number of pyridine rings is 1. The molecule has 0 radical (unpaired) electrons. The van der Waals surface area contributed by atoms with Crippen LogP contribution in [0.4, 0.5) is 10.6 Å². The highest BCUT2D eigenvalue weighted by Gasteiger charge is 2.29. The molecule has 1 saturated carbocycles. The second-order valence-electron chi connectivity index (χ2n) is 11.3. The molecule has 41 heavy (non-hydrogen) atoms. The van der Waals surface area contributed by atoms with Crippen molar-refractivity contribution in [1.29, 1.82) is 0 Å². The van der Waals surface area contributed by atoms with Crippen LogP contribution in [0.5, 0.6) is 11.6 Å². The van der Waals surface area contributed by atoms with E-state index in [-0.39, 0.29) is 23.5 Å². The number of phenols is 1. The molecule has 3 heterocycles. The summed E-state index contributed by atoms with van der Waals surface area (Å²) < 4.78 is 15.0. The van der Waals surface area contributed by atoms with Gasteiger partial charge in [-0.05, 0) is 77.6 Å². The fourth-order valence-electron chi connectivity index (χ4n) is 5.10. The molecule has 0 unspecified atom stereocenters. The van der Waals surface area contributed by atoms with E-state index < -0.39 is 11.7 Å². The third-order valence-corrected chi connectivity index (χ3v) is 7.14. The Bertz CT molecular complexity index is 1600. The number of anilines is 1. The average Bonchev–Trinajstić information content (AvgIpc) is 3.30. The number of phenolic OH excluding ortho intramolecular Hbond substituents is 1. The van der Waals surface area contributed by atoms with Gasteiger partial charge in [0.15, 0.2) is 0 Å². The van der Waals surface area contributed by atoms with Crippen LogP contribution in [0.2, 0.25) is 0 Å². The first-order valence-corrected chi connectivity index (χ1v) is 13.9. The Labute approximate surface area is 238 Å². The molecule has 216 valence electrons. The van der Waals surface area contributed by atoms with Gasteiger partial charge in [-0.3, -0.25) is 14.4 Å². The summed E-state index contributed by atoms with van der Waals surface area (Å²) in [6.07, 6.45) is 4.51. The van der Waals surface area contributed by atoms with Crippen LogP contribution in [-0.2, 0) is 11.8 Å². The summed E-state index contributed by atoms with van der Waals surface area (Å²) in [5.41, 5.74) is 1.67. The molecule has 1 aliphatic rings. The topological polar surface area (TPSA) is 125 Å². The second kappa shape index (κ2) is 11.2. The number of rotatable bonds is 6. The van der Waals surface area contributed by atoms with E-state index in [1.165, 1.54) is 15.6 Å². The third kappa shape index (κ3) is 6.18. The fraction of sp³-hybridized carbons (Fsp3) is 0.433. The summed E-state index contributed by atoms with van der Waals surface area (Å²) in [4.78, 5) is 30.8. The number of hydrogen-bond donors (Lipinski definition) is 1. The standard InChI is InChI=1S/C30H36N6O5/c1-6-35(29(39)41-30(2,3)4)25-17-24-23(18-31-25)28(19-7-11-21(37)12-8-19)33-36(24)20-9-13-22(14-10-20)40-26-15-16-27(38)34(5)32-26/h7-8,11-12,15-18,20,22,37H,6,9-10,13-14H2,1-5H3/t20-,22+. The van der Waals surface area contributed by atoms with E-state index in [0.29, 0.717) is 18.2 Å². The molecule has 0 atom stereocenters. The minimum atomic E-state index is -0.632. The van der Waals surface area contributed by atoms with Gasteiger partial charge in [-0.25, -0.2) is 14.5 Å². The van der Waals surface area contributed by atoms with Crippen molar-refractivity contribution in [3.63, 3.8) is 0 Å². The molecule has 1 fully saturated rings. The van der Waals surface area contributed by atoms with Crippen molar-refractivity contribution in [3.8, 4) is 22.9 Å². The largest absolute Gasteiger partial charge is 0.508 e. The maximum absolute atomic E-state index is 13.0. The van der Waals surface area contributed by atoms with Crippen LogP contribution in [0, 0.1) is 0 Å². The molecule has 11 nitrogen and oxygen atoms in total. The first-order valence-electron chi connectivity index (χ1n) is 13.9. The van der Waals surface area contributed by atoms with Crippen LogP contribution in [0.3, 0.4) is 0 Å². The zero-order chi connectivity index (χ0) is 29.3. The fourth-order valence-corrected chi connectivity index (χ4v) is 5.10. The molecule has 1 N–H and O–H groups in total. The van der Waals surface area contributed by atoms with Gasteiger partial charge in [-0.2, -0.15) is 5.10 Å². The highest BCUT2D eigenvalue weighted by atomic mass is 16.6. The van der Waals surface area contributed by atoms with Gasteiger partial charge in [0.05, 0.1) is 11.6 Å². The number of aromatic nitrogens is 5. The first kappa shape index (κ1) is 28.1. The molecule has 1 amide bonds. The lowest BCUT2D eigenvalue weighted by molar-refractivity contribution is 0.0581. The van der Waals surface area contributed by atoms with Gasteiger partial charge in [0.2, 0.25) is 5.88 Å². The normalized spacial score (nSPS) is 17.4. The van der Waals surface area contributed by atoms with E-state index in [9.17, 15) is 14.7 Å². The van der Waals surface area contributed by atoms with E-state index in [4.69, 9.17) is 14.6 Å². The SMILES string of the molecule is CCN(C(=O)OC(C)(C)C)c1cc2c(cn1)c(-c1ccc(O)cc1)nn2[C@H]1CC[C@@H](Oc2ccc(=O)n(C)n2)CC1. The van der Waals surface area contributed by atoms with Crippen molar-refractivity contribution in [2.45, 2.75) is 71.1 Å². The monoisotopic (exact) mass is 560 g/mol. The van der Waals surface area contributed by atoms with E-state index in [1.807, 2.05) is 50.6 Å². The lowest BCUT2D eigenvalue weighted by Gasteiger charge is -2.29. The van der Waals surface area contributed by atoms with Gasteiger partial charge in [-0.1, -0.05) is 0 Å². The zero-order valence-corrected chi connectivity index (χ0v) is 24.1. The van der Waals surface area contributed by atoms with Gasteiger partial charge < -0.3 is 14.6 Å². The molecular weight excluding hydrogens is 524 g/mol. The minimum Gasteiger partial charge on any atom is -0.508 e. The van der Waals surface area contributed by atoms with Crippen molar-refractivity contribution in [2.75, 3.05) is 11.4 Å². The number of fused-ring (bicyclic) bond motifs is 1. The van der Waals surface area contributed by atoms with Gasteiger partial charge in [0, 0.05) is 48.9 Å². The number of carbonyl (C=O) groups is 1. The number of nitrogens with zero attached hydrogens (tertiary/aromatic N) is 6. The maximum Gasteiger partial charge on any atom is 0.415 e. The maximum atomic E-state index is 13.0. The predicted octanol–water partition coefficient (Wildman–Crippen LogP) is 5.22. The molecule has 5 rings (SSSR count). The molecule has 0 saturated heterocycles. The Morgan fingerprint density at radius 3 is 2.41 bits per heavy atom. The highest BCUT2D eigenvalue weighted by molar-refractivity contribution is 5.96. The molecule has 1 aliphatic carbocycles. The quantitative estimate of drug-likeness (QED) is 0.340. The van der Waals surface area contributed by atoms with E-state index in [1.54, 1.807) is 31.4 Å². The number of benzene rings is 1. The lowest BCUT2D eigenvalue weighted by Crippen LogP contribution is -2.37. The first-order chi connectivity index (χ1) is 19.5. The van der Waals surface area contributed by atoms with Crippen molar-refractivity contribution >= 4 is 22.8 Å². The number of aryl methyl sites for hydroxylation is 1. The van der Waals surface area contributed by atoms with Crippen LogP contribution in [0.15, 0.2) is 53.5 Å². The van der Waals surface area contributed by atoms with E-state index >= 15 is 0 Å². The van der Waals surface area contributed by atoms with Gasteiger partial charge in [0.25, 0.3) is 5.56 Å². The summed E-state index contributed by atoms with van der Waals surface area (Å²) in [5, 5.41) is 19.9.